The number of anilines is 1. The number of carbonyl (C=O) groups excluding carboxylic acids is 1. The highest BCUT2D eigenvalue weighted by Gasteiger charge is 2.48. The molecule has 0 radical (unpaired) electrons. The number of allylic oxidation sites excluding steroid dienone is 4. The molecule has 1 N–H and O–H groups in total. The first-order chi connectivity index (χ1) is 11.6. The minimum Gasteiger partial charge on any atom is -0.296 e. The fourth-order valence-corrected chi connectivity index (χ4v) is 2.42. The molecule has 2 aromatic heterocycles. The molecular formula is C16H14ClF3N4O. The SMILES string of the molecule is CC(C)(CC(=O)Nc1nc2cc(Cl)cnc2n1C1=CC=C1)C(F)(F)F. The molecule has 0 spiro atoms. The quantitative estimate of drug-likeness (QED) is 0.867. The van der Waals surface area contributed by atoms with Crippen molar-refractivity contribution < 1.29 is 18.0 Å². The van der Waals surface area contributed by atoms with E-state index < -0.39 is 23.9 Å². The summed E-state index contributed by atoms with van der Waals surface area (Å²) < 4.78 is 40.5. The molecule has 0 fully saturated rings. The van der Waals surface area contributed by atoms with Crippen LogP contribution in [0.2, 0.25) is 5.02 Å². The lowest BCUT2D eigenvalue weighted by atomic mass is 9.88. The first-order valence-corrected chi connectivity index (χ1v) is 7.76. The second-order valence-corrected chi connectivity index (χ2v) is 6.76. The first kappa shape index (κ1) is 17.5. The van der Waals surface area contributed by atoms with Gasteiger partial charge in [0, 0.05) is 12.6 Å². The topological polar surface area (TPSA) is 59.8 Å². The second-order valence-electron chi connectivity index (χ2n) is 6.32. The minimum absolute atomic E-state index is 0.100. The third kappa shape index (κ3) is 3.26. The first-order valence-electron chi connectivity index (χ1n) is 7.38. The van der Waals surface area contributed by atoms with Gasteiger partial charge in [-0.05, 0) is 18.2 Å². The van der Waals surface area contributed by atoms with Gasteiger partial charge < -0.3 is 0 Å². The summed E-state index contributed by atoms with van der Waals surface area (Å²) in [6.07, 6.45) is 1.56. The molecular weight excluding hydrogens is 357 g/mol. The number of nitrogens with one attached hydrogen (secondary N) is 1. The summed E-state index contributed by atoms with van der Waals surface area (Å²) in [6.45, 7) is 1.96. The number of halogens is 4. The number of fused-ring (bicyclic) bond motifs is 1. The smallest absolute Gasteiger partial charge is 0.296 e. The molecule has 3 rings (SSSR count). The van der Waals surface area contributed by atoms with Gasteiger partial charge in [0.25, 0.3) is 0 Å². The van der Waals surface area contributed by atoms with E-state index in [-0.39, 0.29) is 5.95 Å². The van der Waals surface area contributed by atoms with E-state index in [0.29, 0.717) is 21.9 Å². The van der Waals surface area contributed by atoms with Gasteiger partial charge >= 0.3 is 6.18 Å². The Morgan fingerprint density at radius 3 is 2.60 bits per heavy atom. The molecule has 1 aliphatic rings. The van der Waals surface area contributed by atoms with E-state index in [1.165, 1.54) is 6.20 Å². The van der Waals surface area contributed by atoms with Gasteiger partial charge in [0.15, 0.2) is 5.65 Å². The summed E-state index contributed by atoms with van der Waals surface area (Å²) in [4.78, 5) is 20.6. The van der Waals surface area contributed by atoms with Crippen molar-refractivity contribution in [2.45, 2.75) is 26.4 Å². The molecule has 0 saturated carbocycles. The summed E-state index contributed by atoms with van der Waals surface area (Å²) in [5.41, 5.74) is -0.558. The van der Waals surface area contributed by atoms with E-state index in [1.807, 2.05) is 0 Å². The largest absolute Gasteiger partial charge is 0.394 e. The highest BCUT2D eigenvalue weighted by Crippen LogP contribution is 2.40. The lowest BCUT2D eigenvalue weighted by Crippen LogP contribution is -2.36. The molecule has 2 aromatic rings. The highest BCUT2D eigenvalue weighted by atomic mass is 35.5. The number of alkyl halides is 3. The number of hydrogen-bond donors (Lipinski definition) is 1. The number of carbonyl (C=O) groups is 1. The molecule has 9 heteroatoms. The van der Waals surface area contributed by atoms with Gasteiger partial charge in [-0.25, -0.2) is 9.97 Å². The van der Waals surface area contributed by atoms with Crippen LogP contribution in [0, 0.1) is 5.41 Å². The molecule has 0 unspecified atom stereocenters. The standard InChI is InChI=1S/C16H14ClF3N4O/c1-15(2,16(18,19)20)7-12(25)23-14-22-11-6-9(17)8-21-13(11)24(14)10-4-3-5-10/h3-6,8H,7H2,1-2H3,(H,22,23,25). The van der Waals surface area contributed by atoms with Gasteiger partial charge in [-0.15, -0.1) is 0 Å². The fraction of sp³-hybridized carbons (Fsp3) is 0.312. The van der Waals surface area contributed by atoms with Crippen molar-refractivity contribution in [3.63, 3.8) is 0 Å². The maximum absolute atomic E-state index is 13.0. The van der Waals surface area contributed by atoms with Crippen molar-refractivity contribution in [2.75, 3.05) is 5.32 Å². The Bertz CT molecular complexity index is 912. The van der Waals surface area contributed by atoms with Crippen molar-refractivity contribution >= 4 is 40.3 Å². The van der Waals surface area contributed by atoms with Crippen molar-refractivity contribution in [3.8, 4) is 0 Å². The summed E-state index contributed by atoms with van der Waals surface area (Å²) in [5.74, 6) is -0.683. The average Bonchev–Trinajstić information content (AvgIpc) is 2.72. The van der Waals surface area contributed by atoms with Gasteiger partial charge in [-0.1, -0.05) is 31.5 Å². The number of amides is 1. The Balaban J connectivity index is 1.92. The lowest BCUT2D eigenvalue weighted by Gasteiger charge is -2.26. The fourth-order valence-electron chi connectivity index (χ4n) is 2.27. The minimum atomic E-state index is -4.49. The van der Waals surface area contributed by atoms with Crippen LogP contribution in [0.5, 0.6) is 0 Å². The van der Waals surface area contributed by atoms with E-state index in [0.717, 1.165) is 13.8 Å². The molecule has 5 nitrogen and oxygen atoms in total. The molecule has 1 amide bonds. The number of rotatable bonds is 4. The summed E-state index contributed by atoms with van der Waals surface area (Å²) in [7, 11) is 0. The van der Waals surface area contributed by atoms with Gasteiger partial charge in [0.1, 0.15) is 5.52 Å². The monoisotopic (exact) mass is 370 g/mol. The number of nitrogens with zero attached hydrogens (tertiary/aromatic N) is 3. The Hall–Kier alpha value is -2.35. The van der Waals surface area contributed by atoms with Crippen LogP contribution in [0.25, 0.3) is 16.9 Å². The van der Waals surface area contributed by atoms with Gasteiger partial charge in [0.2, 0.25) is 11.9 Å². The van der Waals surface area contributed by atoms with E-state index >= 15 is 0 Å². The Morgan fingerprint density at radius 2 is 2.04 bits per heavy atom. The van der Waals surface area contributed by atoms with Crippen LogP contribution < -0.4 is 5.32 Å². The van der Waals surface area contributed by atoms with Gasteiger partial charge in [-0.2, -0.15) is 13.2 Å². The highest BCUT2D eigenvalue weighted by molar-refractivity contribution is 6.31. The van der Waals surface area contributed by atoms with Crippen LogP contribution >= 0.6 is 11.6 Å². The number of hydrogen-bond acceptors (Lipinski definition) is 3. The normalized spacial score (nSPS) is 14.4. The summed E-state index contributed by atoms with van der Waals surface area (Å²) in [6, 6.07) is 1.57. The van der Waals surface area contributed by atoms with Crippen LogP contribution in [0.3, 0.4) is 0 Å². The van der Waals surface area contributed by atoms with E-state index in [2.05, 4.69) is 15.3 Å². The molecule has 0 atom stereocenters. The number of imidazole rings is 1. The zero-order valence-electron chi connectivity index (χ0n) is 13.4. The van der Waals surface area contributed by atoms with E-state index in [1.54, 1.807) is 28.9 Å². The Morgan fingerprint density at radius 1 is 1.36 bits per heavy atom. The number of aromatic nitrogens is 3. The maximum Gasteiger partial charge on any atom is 0.394 e. The molecule has 0 aromatic carbocycles. The third-order valence-corrected chi connectivity index (χ3v) is 4.08. The van der Waals surface area contributed by atoms with Crippen LogP contribution in [0.4, 0.5) is 19.1 Å². The van der Waals surface area contributed by atoms with Crippen molar-refractivity contribution in [2.24, 2.45) is 5.41 Å². The van der Waals surface area contributed by atoms with E-state index in [4.69, 9.17) is 11.6 Å². The van der Waals surface area contributed by atoms with Crippen LogP contribution in [0.1, 0.15) is 20.3 Å². The summed E-state index contributed by atoms with van der Waals surface area (Å²) >= 11 is 5.90. The third-order valence-electron chi connectivity index (χ3n) is 3.88. The predicted molar refractivity (Wildman–Crippen MR) is 89.0 cm³/mol. The zero-order chi connectivity index (χ0) is 18.4. The van der Waals surface area contributed by atoms with Crippen LogP contribution in [-0.2, 0) is 4.79 Å². The molecule has 132 valence electrons. The molecule has 0 saturated heterocycles. The molecule has 1 aliphatic carbocycles. The Labute approximate surface area is 146 Å². The average molecular weight is 371 g/mol. The molecule has 0 bridgehead atoms. The van der Waals surface area contributed by atoms with Crippen molar-refractivity contribution in [1.82, 2.24) is 14.5 Å². The van der Waals surface area contributed by atoms with Gasteiger partial charge in [-0.3, -0.25) is 14.7 Å². The predicted octanol–water partition coefficient (Wildman–Crippen LogP) is 4.41. The van der Waals surface area contributed by atoms with Crippen molar-refractivity contribution in [3.05, 3.63) is 35.5 Å². The maximum atomic E-state index is 13.0. The molecule has 25 heavy (non-hydrogen) atoms. The van der Waals surface area contributed by atoms with E-state index in [9.17, 15) is 18.0 Å². The number of pyridine rings is 1. The van der Waals surface area contributed by atoms with Gasteiger partial charge in [0.05, 0.1) is 16.1 Å². The van der Waals surface area contributed by atoms with Crippen LogP contribution in [0.15, 0.2) is 30.5 Å². The summed E-state index contributed by atoms with van der Waals surface area (Å²) in [5, 5.41) is 2.82. The Kier molecular flexibility index (Phi) is 4.10. The van der Waals surface area contributed by atoms with Crippen LogP contribution in [-0.4, -0.2) is 26.6 Å². The zero-order valence-corrected chi connectivity index (χ0v) is 14.1. The lowest BCUT2D eigenvalue weighted by molar-refractivity contribution is -0.213. The second kappa shape index (κ2) is 5.87. The molecule has 2 heterocycles. The van der Waals surface area contributed by atoms with Crippen molar-refractivity contribution in [1.29, 1.82) is 0 Å². The molecule has 0 aliphatic heterocycles.